The normalized spacial score (nSPS) is 10.6. The molecular formula is C23H21N3O3S. The van der Waals surface area contributed by atoms with E-state index in [9.17, 15) is 4.79 Å². The lowest BCUT2D eigenvalue weighted by Crippen LogP contribution is -2.28. The summed E-state index contributed by atoms with van der Waals surface area (Å²) in [5.41, 5.74) is 3.56. The highest BCUT2D eigenvalue weighted by atomic mass is 32.1. The smallest absolute Gasteiger partial charge is 0.319 e. The first kappa shape index (κ1) is 19.7. The molecule has 0 unspecified atom stereocenters. The number of rotatable bonds is 6. The third-order valence-electron chi connectivity index (χ3n) is 4.56. The maximum Gasteiger partial charge on any atom is 0.319 e. The van der Waals surface area contributed by atoms with Crippen molar-refractivity contribution >= 4 is 33.3 Å². The van der Waals surface area contributed by atoms with E-state index in [1.54, 1.807) is 25.6 Å². The first-order chi connectivity index (χ1) is 14.7. The number of carbonyl (C=O) groups is 1. The molecule has 152 valence electrons. The molecule has 0 aliphatic heterocycles. The minimum Gasteiger partial charge on any atom is -0.493 e. The van der Waals surface area contributed by atoms with Crippen molar-refractivity contribution < 1.29 is 14.3 Å². The number of nitrogens with one attached hydrogen (secondary N) is 2. The molecule has 1 heterocycles. The van der Waals surface area contributed by atoms with E-state index >= 15 is 0 Å². The Morgan fingerprint density at radius 2 is 1.80 bits per heavy atom. The number of carbonyl (C=O) groups excluding carboxylic acids is 1. The van der Waals surface area contributed by atoms with Crippen LogP contribution in [0.2, 0.25) is 0 Å². The van der Waals surface area contributed by atoms with Crippen LogP contribution in [-0.2, 0) is 6.54 Å². The number of para-hydroxylation sites is 1. The number of urea groups is 1. The van der Waals surface area contributed by atoms with Crippen LogP contribution < -0.4 is 20.1 Å². The van der Waals surface area contributed by atoms with Gasteiger partial charge in [0.15, 0.2) is 11.5 Å². The molecule has 6 nitrogen and oxygen atoms in total. The summed E-state index contributed by atoms with van der Waals surface area (Å²) in [5.74, 6) is 1.28. The van der Waals surface area contributed by atoms with Crippen molar-refractivity contribution in [1.82, 2.24) is 10.3 Å². The number of anilines is 1. The van der Waals surface area contributed by atoms with Crippen molar-refractivity contribution in [2.45, 2.75) is 6.54 Å². The summed E-state index contributed by atoms with van der Waals surface area (Å²) in [5, 5.41) is 6.66. The lowest BCUT2D eigenvalue weighted by Gasteiger charge is -2.11. The molecule has 3 aromatic carbocycles. The van der Waals surface area contributed by atoms with Gasteiger partial charge >= 0.3 is 6.03 Å². The fourth-order valence-electron chi connectivity index (χ4n) is 3.07. The van der Waals surface area contributed by atoms with E-state index in [1.807, 2.05) is 60.7 Å². The van der Waals surface area contributed by atoms with E-state index in [-0.39, 0.29) is 6.03 Å². The van der Waals surface area contributed by atoms with E-state index in [2.05, 4.69) is 21.7 Å². The fourth-order valence-corrected chi connectivity index (χ4v) is 4.04. The molecule has 0 saturated carbocycles. The first-order valence-corrected chi connectivity index (χ1v) is 10.2. The van der Waals surface area contributed by atoms with Gasteiger partial charge in [-0.1, -0.05) is 30.3 Å². The minimum absolute atomic E-state index is 0.286. The lowest BCUT2D eigenvalue weighted by atomic mass is 10.2. The zero-order valence-corrected chi connectivity index (χ0v) is 17.5. The number of ether oxygens (including phenoxy) is 2. The van der Waals surface area contributed by atoms with Gasteiger partial charge in [0.1, 0.15) is 5.01 Å². The quantitative estimate of drug-likeness (QED) is 0.445. The van der Waals surface area contributed by atoms with Crippen molar-refractivity contribution in [1.29, 1.82) is 0 Å². The summed E-state index contributed by atoms with van der Waals surface area (Å²) < 4.78 is 11.7. The van der Waals surface area contributed by atoms with Crippen molar-refractivity contribution in [3.63, 3.8) is 0 Å². The monoisotopic (exact) mass is 419 g/mol. The van der Waals surface area contributed by atoms with E-state index in [1.165, 1.54) is 0 Å². The Bertz CT molecular complexity index is 1160. The highest BCUT2D eigenvalue weighted by Crippen LogP contribution is 2.31. The molecule has 2 amide bonds. The Hall–Kier alpha value is -3.58. The predicted octanol–water partition coefficient (Wildman–Crippen LogP) is 5.30. The number of benzene rings is 3. The maximum atomic E-state index is 12.4. The van der Waals surface area contributed by atoms with Gasteiger partial charge in [-0.2, -0.15) is 0 Å². The summed E-state index contributed by atoms with van der Waals surface area (Å²) in [6.45, 7) is 0.365. The van der Waals surface area contributed by atoms with Gasteiger partial charge in [-0.25, -0.2) is 9.78 Å². The standard InChI is InChI=1S/C23H21N3O3S/c1-28-19-11-10-15(12-20(19)29-2)14-24-23(27)25-17-7-5-6-16(13-17)22-26-18-8-3-4-9-21(18)30-22/h3-13H,14H2,1-2H3,(H2,24,25,27). The van der Waals surface area contributed by atoms with Crippen LogP contribution in [0.15, 0.2) is 66.7 Å². The van der Waals surface area contributed by atoms with Crippen LogP contribution in [0.5, 0.6) is 11.5 Å². The van der Waals surface area contributed by atoms with Gasteiger partial charge < -0.3 is 20.1 Å². The summed E-state index contributed by atoms with van der Waals surface area (Å²) >= 11 is 1.63. The Labute approximate surface area is 178 Å². The average molecular weight is 420 g/mol. The molecule has 2 N–H and O–H groups in total. The second-order valence-electron chi connectivity index (χ2n) is 6.56. The molecule has 0 aliphatic rings. The predicted molar refractivity (Wildman–Crippen MR) is 120 cm³/mol. The summed E-state index contributed by atoms with van der Waals surface area (Å²) in [6, 6.07) is 21.0. The zero-order chi connectivity index (χ0) is 20.9. The Balaban J connectivity index is 1.42. The number of hydrogen-bond donors (Lipinski definition) is 2. The molecule has 7 heteroatoms. The van der Waals surface area contributed by atoms with Crippen LogP contribution in [-0.4, -0.2) is 25.2 Å². The van der Waals surface area contributed by atoms with Crippen molar-refractivity contribution in [2.24, 2.45) is 0 Å². The van der Waals surface area contributed by atoms with Gasteiger partial charge in [0.2, 0.25) is 0 Å². The Morgan fingerprint density at radius 3 is 2.60 bits per heavy atom. The van der Waals surface area contributed by atoms with Crippen LogP contribution in [0.3, 0.4) is 0 Å². The molecule has 0 bridgehead atoms. The van der Waals surface area contributed by atoms with Gasteiger partial charge in [-0.3, -0.25) is 0 Å². The largest absolute Gasteiger partial charge is 0.493 e. The van der Waals surface area contributed by atoms with Crippen molar-refractivity contribution in [3.05, 3.63) is 72.3 Å². The Kier molecular flexibility index (Phi) is 5.81. The first-order valence-electron chi connectivity index (χ1n) is 9.38. The van der Waals surface area contributed by atoms with Gasteiger partial charge in [0.05, 0.1) is 24.4 Å². The molecule has 4 rings (SSSR count). The van der Waals surface area contributed by atoms with E-state index < -0.39 is 0 Å². The molecular weight excluding hydrogens is 398 g/mol. The maximum absolute atomic E-state index is 12.4. The zero-order valence-electron chi connectivity index (χ0n) is 16.6. The van der Waals surface area contributed by atoms with Crippen LogP contribution in [0.25, 0.3) is 20.8 Å². The topological polar surface area (TPSA) is 72.5 Å². The van der Waals surface area contributed by atoms with Crippen molar-refractivity contribution in [3.8, 4) is 22.1 Å². The number of thiazole rings is 1. The fraction of sp³-hybridized carbons (Fsp3) is 0.130. The molecule has 1 aromatic heterocycles. The molecule has 30 heavy (non-hydrogen) atoms. The van der Waals surface area contributed by atoms with E-state index in [0.717, 1.165) is 26.4 Å². The summed E-state index contributed by atoms with van der Waals surface area (Å²) in [7, 11) is 3.17. The number of aromatic nitrogens is 1. The summed E-state index contributed by atoms with van der Waals surface area (Å²) in [4.78, 5) is 17.0. The second kappa shape index (κ2) is 8.84. The average Bonchev–Trinajstić information content (AvgIpc) is 3.22. The minimum atomic E-state index is -0.286. The number of hydrogen-bond acceptors (Lipinski definition) is 5. The Morgan fingerprint density at radius 1 is 0.967 bits per heavy atom. The van der Waals surface area contributed by atoms with Gasteiger partial charge in [-0.05, 0) is 42.0 Å². The number of nitrogens with zero attached hydrogens (tertiary/aromatic N) is 1. The van der Waals surface area contributed by atoms with Crippen LogP contribution in [0.4, 0.5) is 10.5 Å². The van der Waals surface area contributed by atoms with Crippen LogP contribution >= 0.6 is 11.3 Å². The van der Waals surface area contributed by atoms with E-state index in [4.69, 9.17) is 9.47 Å². The molecule has 4 aromatic rings. The molecule has 0 atom stereocenters. The highest BCUT2D eigenvalue weighted by Gasteiger charge is 2.09. The van der Waals surface area contributed by atoms with Gasteiger partial charge in [0.25, 0.3) is 0 Å². The van der Waals surface area contributed by atoms with Gasteiger partial charge in [-0.15, -0.1) is 11.3 Å². The second-order valence-corrected chi connectivity index (χ2v) is 7.60. The van der Waals surface area contributed by atoms with Crippen LogP contribution in [0, 0.1) is 0 Å². The molecule has 0 spiro atoms. The highest BCUT2D eigenvalue weighted by molar-refractivity contribution is 7.21. The number of fused-ring (bicyclic) bond motifs is 1. The molecule has 0 fully saturated rings. The van der Waals surface area contributed by atoms with Crippen molar-refractivity contribution in [2.75, 3.05) is 19.5 Å². The lowest BCUT2D eigenvalue weighted by molar-refractivity contribution is 0.251. The molecule has 0 radical (unpaired) electrons. The summed E-state index contributed by atoms with van der Waals surface area (Å²) in [6.07, 6.45) is 0. The third-order valence-corrected chi connectivity index (χ3v) is 5.65. The van der Waals surface area contributed by atoms with Crippen LogP contribution in [0.1, 0.15) is 5.56 Å². The third kappa shape index (κ3) is 4.36. The SMILES string of the molecule is COc1ccc(CNC(=O)Nc2cccc(-c3nc4ccccc4s3)c2)cc1OC. The van der Waals surface area contributed by atoms with E-state index in [0.29, 0.717) is 23.7 Å². The van der Waals surface area contributed by atoms with Gasteiger partial charge in [0, 0.05) is 17.8 Å². The number of amides is 2. The molecule has 0 aliphatic carbocycles. The molecule has 0 saturated heterocycles. The number of methoxy groups -OCH3 is 2.